The zero-order valence-corrected chi connectivity index (χ0v) is 11.7. The summed E-state index contributed by atoms with van der Waals surface area (Å²) in [5.74, 6) is 0.0503. The molecule has 21 heavy (non-hydrogen) atoms. The zero-order valence-electron chi connectivity index (χ0n) is 11.7. The number of carbonyl (C=O) groups is 1. The van der Waals surface area contributed by atoms with Crippen molar-refractivity contribution in [2.45, 2.75) is 0 Å². The Hall–Kier alpha value is -2.96. The number of rotatable bonds is 3. The molecule has 106 valence electrons. The molecule has 2 heterocycles. The van der Waals surface area contributed by atoms with Crippen LogP contribution in [0.3, 0.4) is 0 Å². The molecule has 0 aliphatic heterocycles. The van der Waals surface area contributed by atoms with Gasteiger partial charge in [-0.25, -0.2) is 9.67 Å². The van der Waals surface area contributed by atoms with Gasteiger partial charge in [-0.2, -0.15) is 10.1 Å². The molecule has 0 atom stereocenters. The molecule has 0 saturated heterocycles. The molecule has 0 radical (unpaired) electrons. The van der Waals surface area contributed by atoms with Gasteiger partial charge in [-0.05, 0) is 12.1 Å². The van der Waals surface area contributed by atoms with Gasteiger partial charge in [0.05, 0.1) is 5.52 Å². The van der Waals surface area contributed by atoms with Crippen molar-refractivity contribution in [3.63, 3.8) is 0 Å². The van der Waals surface area contributed by atoms with Crippen LogP contribution in [0.4, 0.5) is 11.6 Å². The molecule has 1 aromatic carbocycles. The van der Waals surface area contributed by atoms with Crippen molar-refractivity contribution < 1.29 is 4.79 Å². The Morgan fingerprint density at radius 3 is 2.81 bits per heavy atom. The molecule has 0 aliphatic carbocycles. The number of aromatic nitrogens is 4. The second-order valence-electron chi connectivity index (χ2n) is 4.48. The van der Waals surface area contributed by atoms with Crippen LogP contribution < -0.4 is 10.6 Å². The van der Waals surface area contributed by atoms with Gasteiger partial charge >= 0.3 is 0 Å². The summed E-state index contributed by atoms with van der Waals surface area (Å²) >= 11 is 0. The van der Waals surface area contributed by atoms with E-state index in [1.54, 1.807) is 13.1 Å². The molecular formula is C14H14N6O. The van der Waals surface area contributed by atoms with Crippen LogP contribution in [0.2, 0.25) is 0 Å². The molecule has 0 spiro atoms. The highest BCUT2D eigenvalue weighted by Crippen LogP contribution is 2.22. The normalized spacial score (nSPS) is 10.6. The molecule has 2 N–H and O–H groups in total. The van der Waals surface area contributed by atoms with Crippen molar-refractivity contribution in [2.75, 3.05) is 17.7 Å². The first-order chi connectivity index (χ1) is 10.2. The third kappa shape index (κ3) is 2.40. The Balaban J connectivity index is 2.00. The molecule has 3 aromatic rings. The lowest BCUT2D eigenvalue weighted by Gasteiger charge is -2.09. The quantitative estimate of drug-likeness (QED) is 0.763. The van der Waals surface area contributed by atoms with Crippen LogP contribution in [0.5, 0.6) is 0 Å². The van der Waals surface area contributed by atoms with E-state index >= 15 is 0 Å². The van der Waals surface area contributed by atoms with Crippen LogP contribution in [0.25, 0.3) is 10.9 Å². The summed E-state index contributed by atoms with van der Waals surface area (Å²) < 4.78 is 1.48. The third-order valence-corrected chi connectivity index (χ3v) is 3.15. The summed E-state index contributed by atoms with van der Waals surface area (Å²) in [5.41, 5.74) is 1.93. The molecular weight excluding hydrogens is 268 g/mol. The minimum atomic E-state index is -0.326. The van der Waals surface area contributed by atoms with Crippen molar-refractivity contribution >= 4 is 28.4 Å². The first-order valence-electron chi connectivity index (χ1n) is 6.42. The molecule has 0 bridgehead atoms. The van der Waals surface area contributed by atoms with E-state index in [0.717, 1.165) is 16.6 Å². The molecule has 3 rings (SSSR count). The van der Waals surface area contributed by atoms with Crippen molar-refractivity contribution in [2.24, 2.45) is 7.05 Å². The zero-order chi connectivity index (χ0) is 14.8. The minimum Gasteiger partial charge on any atom is -0.388 e. The summed E-state index contributed by atoms with van der Waals surface area (Å²) in [6, 6.07) is 9.37. The van der Waals surface area contributed by atoms with Crippen molar-refractivity contribution in [3.05, 3.63) is 42.4 Å². The van der Waals surface area contributed by atoms with Crippen molar-refractivity contribution in [1.82, 2.24) is 19.7 Å². The van der Waals surface area contributed by atoms with Gasteiger partial charge in [-0.15, -0.1) is 0 Å². The number of amides is 1. The van der Waals surface area contributed by atoms with Gasteiger partial charge in [0.2, 0.25) is 5.95 Å². The molecule has 1 amide bonds. The number of pyridine rings is 1. The standard InChI is InChI=1S/C14H14N6O/c1-15-11-7-12(18-10-6-4-3-5-9(10)11)13(21)19-14-16-8-17-20(14)2/h3-8H,1-2H3,(H,15,18)(H,16,17,19,21). The Kier molecular flexibility index (Phi) is 3.23. The average Bonchev–Trinajstić information content (AvgIpc) is 2.91. The predicted octanol–water partition coefficient (Wildman–Crippen LogP) is 1.66. The maximum atomic E-state index is 12.3. The van der Waals surface area contributed by atoms with E-state index in [0.29, 0.717) is 11.6 Å². The number of para-hydroxylation sites is 1. The van der Waals surface area contributed by atoms with Crippen LogP contribution >= 0.6 is 0 Å². The van der Waals surface area contributed by atoms with E-state index in [1.165, 1.54) is 11.0 Å². The molecule has 0 unspecified atom stereocenters. The Morgan fingerprint density at radius 1 is 1.29 bits per heavy atom. The predicted molar refractivity (Wildman–Crippen MR) is 80.2 cm³/mol. The third-order valence-electron chi connectivity index (χ3n) is 3.15. The molecule has 0 saturated carbocycles. The van der Waals surface area contributed by atoms with E-state index < -0.39 is 0 Å². The van der Waals surface area contributed by atoms with Gasteiger partial charge < -0.3 is 5.32 Å². The largest absolute Gasteiger partial charge is 0.388 e. The second kappa shape index (κ2) is 5.20. The number of hydrogen-bond donors (Lipinski definition) is 2. The highest BCUT2D eigenvalue weighted by Gasteiger charge is 2.13. The van der Waals surface area contributed by atoms with Crippen molar-refractivity contribution in [3.8, 4) is 0 Å². The summed E-state index contributed by atoms with van der Waals surface area (Å²) in [6.07, 6.45) is 1.38. The van der Waals surface area contributed by atoms with E-state index in [2.05, 4.69) is 25.7 Å². The van der Waals surface area contributed by atoms with Gasteiger partial charge in [0.15, 0.2) is 0 Å². The van der Waals surface area contributed by atoms with E-state index in [1.807, 2.05) is 31.3 Å². The average molecular weight is 282 g/mol. The van der Waals surface area contributed by atoms with Crippen LogP contribution in [0.1, 0.15) is 10.5 Å². The highest BCUT2D eigenvalue weighted by molar-refractivity contribution is 6.05. The van der Waals surface area contributed by atoms with E-state index in [-0.39, 0.29) is 5.91 Å². The fourth-order valence-electron chi connectivity index (χ4n) is 2.07. The van der Waals surface area contributed by atoms with Gasteiger partial charge in [-0.3, -0.25) is 10.1 Å². The van der Waals surface area contributed by atoms with Crippen LogP contribution in [-0.2, 0) is 7.05 Å². The number of carbonyl (C=O) groups excluding carboxylic acids is 1. The van der Waals surface area contributed by atoms with E-state index in [4.69, 9.17) is 0 Å². The monoisotopic (exact) mass is 282 g/mol. The fraction of sp³-hybridized carbons (Fsp3) is 0.143. The van der Waals surface area contributed by atoms with Crippen molar-refractivity contribution in [1.29, 1.82) is 0 Å². The fourth-order valence-corrected chi connectivity index (χ4v) is 2.07. The van der Waals surface area contributed by atoms with E-state index in [9.17, 15) is 4.79 Å². The van der Waals surface area contributed by atoms with Gasteiger partial charge in [0.25, 0.3) is 5.91 Å². The number of aryl methyl sites for hydroxylation is 1. The first-order valence-corrected chi connectivity index (χ1v) is 6.42. The Morgan fingerprint density at radius 2 is 2.10 bits per heavy atom. The SMILES string of the molecule is CNc1cc(C(=O)Nc2ncnn2C)nc2ccccc12. The lowest BCUT2D eigenvalue weighted by molar-refractivity contribution is 0.102. The smallest absolute Gasteiger partial charge is 0.276 e. The van der Waals surface area contributed by atoms with Crippen LogP contribution in [0.15, 0.2) is 36.7 Å². The number of hydrogen-bond acceptors (Lipinski definition) is 5. The van der Waals surface area contributed by atoms with Gasteiger partial charge in [0, 0.05) is 25.2 Å². The molecule has 7 heteroatoms. The molecule has 0 fully saturated rings. The minimum absolute atomic E-state index is 0.320. The molecule has 0 aliphatic rings. The summed E-state index contributed by atoms with van der Waals surface area (Å²) in [7, 11) is 3.52. The topological polar surface area (TPSA) is 84.7 Å². The first kappa shape index (κ1) is 13.0. The van der Waals surface area contributed by atoms with Gasteiger partial charge in [-0.1, -0.05) is 18.2 Å². The summed E-state index contributed by atoms with van der Waals surface area (Å²) in [6.45, 7) is 0. The Labute approximate surface area is 121 Å². The molecule has 2 aromatic heterocycles. The molecule has 7 nitrogen and oxygen atoms in total. The number of anilines is 2. The number of fused-ring (bicyclic) bond motifs is 1. The van der Waals surface area contributed by atoms with Crippen LogP contribution in [-0.4, -0.2) is 32.7 Å². The highest BCUT2D eigenvalue weighted by atomic mass is 16.2. The maximum absolute atomic E-state index is 12.3. The second-order valence-corrected chi connectivity index (χ2v) is 4.48. The van der Waals surface area contributed by atoms with Crippen LogP contribution in [0, 0.1) is 0 Å². The number of benzene rings is 1. The maximum Gasteiger partial charge on any atom is 0.276 e. The number of nitrogens with zero attached hydrogens (tertiary/aromatic N) is 4. The lowest BCUT2D eigenvalue weighted by atomic mass is 10.1. The lowest BCUT2D eigenvalue weighted by Crippen LogP contribution is -2.17. The van der Waals surface area contributed by atoms with Gasteiger partial charge in [0.1, 0.15) is 12.0 Å². The summed E-state index contributed by atoms with van der Waals surface area (Å²) in [5, 5.41) is 10.6. The Bertz CT molecular complexity index is 810. The summed E-state index contributed by atoms with van der Waals surface area (Å²) in [4.78, 5) is 20.6. The number of nitrogens with one attached hydrogen (secondary N) is 2.